The summed E-state index contributed by atoms with van der Waals surface area (Å²) in [5.41, 5.74) is 5.65. The lowest BCUT2D eigenvalue weighted by atomic mass is 10.0. The van der Waals surface area contributed by atoms with Gasteiger partial charge in [0, 0.05) is 55.1 Å². The third kappa shape index (κ3) is 4.13. The van der Waals surface area contributed by atoms with Crippen LogP contribution < -0.4 is 10.1 Å². The highest BCUT2D eigenvalue weighted by atomic mass is 35.5. The number of benzene rings is 1. The zero-order valence-corrected chi connectivity index (χ0v) is 20.2. The molecule has 2 aliphatic rings. The van der Waals surface area contributed by atoms with Crippen molar-refractivity contribution in [3.8, 4) is 5.75 Å². The number of likely N-dealkylation sites (tertiary alicyclic amines) is 1. The van der Waals surface area contributed by atoms with E-state index in [0.29, 0.717) is 6.04 Å². The number of nitrogens with zero attached hydrogens (tertiary/aromatic N) is 5. The second kappa shape index (κ2) is 9.13. The molecule has 0 saturated carbocycles. The molecule has 176 valence electrons. The van der Waals surface area contributed by atoms with Crippen LogP contribution in [0.2, 0.25) is 5.02 Å². The summed E-state index contributed by atoms with van der Waals surface area (Å²) in [6.07, 6.45) is 9.78. The van der Waals surface area contributed by atoms with Crippen LogP contribution in [0.5, 0.6) is 5.75 Å². The molecule has 0 aliphatic carbocycles. The van der Waals surface area contributed by atoms with Crippen LogP contribution in [0.4, 0.5) is 0 Å². The molecule has 6 rings (SSSR count). The van der Waals surface area contributed by atoms with Crippen LogP contribution >= 0.6 is 11.6 Å². The highest BCUT2D eigenvalue weighted by molar-refractivity contribution is 6.32. The minimum absolute atomic E-state index is 0.530. The summed E-state index contributed by atoms with van der Waals surface area (Å²) in [6, 6.07) is 6.87. The topological polar surface area (TPSA) is 68.1 Å². The maximum atomic E-state index is 6.65. The minimum atomic E-state index is 0.530. The Bertz CT molecular complexity index is 1340. The second-order valence-corrected chi connectivity index (χ2v) is 9.78. The molecule has 1 N–H and O–H groups in total. The van der Waals surface area contributed by atoms with Gasteiger partial charge in [0.25, 0.3) is 0 Å². The molecule has 0 unspecified atom stereocenters. The van der Waals surface area contributed by atoms with Crippen molar-refractivity contribution >= 4 is 33.4 Å². The first kappa shape index (κ1) is 21.8. The highest BCUT2D eigenvalue weighted by Crippen LogP contribution is 2.31. The van der Waals surface area contributed by atoms with Crippen molar-refractivity contribution in [2.24, 2.45) is 7.05 Å². The SMILES string of the molecule is Cn1ncc2c3c(CCN4CCC(NCc5cc6c(cn5)OCC6)CC4)c(Cl)cnc3ccc21. The lowest BCUT2D eigenvalue weighted by Gasteiger charge is -2.32. The van der Waals surface area contributed by atoms with Gasteiger partial charge in [-0.3, -0.25) is 14.6 Å². The molecule has 0 amide bonds. The Kier molecular flexibility index (Phi) is 5.85. The first-order valence-electron chi connectivity index (χ1n) is 12.1. The van der Waals surface area contributed by atoms with Crippen molar-refractivity contribution in [2.75, 3.05) is 26.2 Å². The van der Waals surface area contributed by atoms with Gasteiger partial charge in [-0.05, 0) is 56.1 Å². The van der Waals surface area contributed by atoms with Crippen LogP contribution in [0.25, 0.3) is 21.8 Å². The number of fused-ring (bicyclic) bond motifs is 4. The second-order valence-electron chi connectivity index (χ2n) is 9.37. The lowest BCUT2D eigenvalue weighted by molar-refractivity contribution is 0.199. The first-order chi connectivity index (χ1) is 16.7. The monoisotopic (exact) mass is 476 g/mol. The van der Waals surface area contributed by atoms with Crippen molar-refractivity contribution in [1.29, 1.82) is 0 Å². The summed E-state index contributed by atoms with van der Waals surface area (Å²) in [5.74, 6) is 0.948. The Balaban J connectivity index is 1.07. The van der Waals surface area contributed by atoms with E-state index in [9.17, 15) is 0 Å². The number of aromatic nitrogens is 4. The van der Waals surface area contributed by atoms with Crippen molar-refractivity contribution < 1.29 is 4.74 Å². The zero-order chi connectivity index (χ0) is 23.1. The van der Waals surface area contributed by atoms with Gasteiger partial charge in [0.15, 0.2) is 0 Å². The molecule has 34 heavy (non-hydrogen) atoms. The lowest BCUT2D eigenvalue weighted by Crippen LogP contribution is -2.43. The van der Waals surface area contributed by atoms with Crippen LogP contribution in [-0.4, -0.2) is 56.9 Å². The van der Waals surface area contributed by atoms with Gasteiger partial charge >= 0.3 is 0 Å². The first-order valence-corrected chi connectivity index (χ1v) is 12.5. The third-order valence-corrected chi connectivity index (χ3v) is 7.61. The molecular weight excluding hydrogens is 448 g/mol. The highest BCUT2D eigenvalue weighted by Gasteiger charge is 2.21. The molecule has 1 fully saturated rings. The van der Waals surface area contributed by atoms with E-state index in [1.54, 1.807) is 6.20 Å². The number of pyridine rings is 2. The fourth-order valence-corrected chi connectivity index (χ4v) is 5.55. The summed E-state index contributed by atoms with van der Waals surface area (Å²) in [6.45, 7) is 4.77. The number of ether oxygens (including phenoxy) is 1. The maximum absolute atomic E-state index is 6.65. The van der Waals surface area contributed by atoms with E-state index in [0.717, 1.165) is 96.7 Å². The molecule has 8 heteroatoms. The average Bonchev–Trinajstić information content (AvgIpc) is 3.49. The molecule has 7 nitrogen and oxygen atoms in total. The molecule has 5 heterocycles. The van der Waals surface area contributed by atoms with Gasteiger partial charge in [0.2, 0.25) is 0 Å². The van der Waals surface area contributed by atoms with Crippen molar-refractivity contribution in [3.63, 3.8) is 0 Å². The maximum Gasteiger partial charge on any atom is 0.140 e. The van der Waals surface area contributed by atoms with Gasteiger partial charge in [-0.2, -0.15) is 5.10 Å². The molecule has 2 aliphatic heterocycles. The number of piperidine rings is 1. The van der Waals surface area contributed by atoms with E-state index in [1.807, 2.05) is 24.1 Å². The van der Waals surface area contributed by atoms with Gasteiger partial charge in [-0.15, -0.1) is 0 Å². The van der Waals surface area contributed by atoms with Crippen LogP contribution in [0.15, 0.2) is 36.8 Å². The van der Waals surface area contributed by atoms with Gasteiger partial charge in [0.1, 0.15) is 5.75 Å². The zero-order valence-electron chi connectivity index (χ0n) is 19.4. The van der Waals surface area contributed by atoms with Crippen LogP contribution in [0.3, 0.4) is 0 Å². The van der Waals surface area contributed by atoms with Crippen LogP contribution in [-0.2, 0) is 26.4 Å². The molecule has 4 aromatic rings. The van der Waals surface area contributed by atoms with E-state index in [-0.39, 0.29) is 0 Å². The quantitative estimate of drug-likeness (QED) is 0.455. The Morgan fingerprint density at radius 2 is 2.03 bits per heavy atom. The van der Waals surface area contributed by atoms with Gasteiger partial charge in [-0.25, -0.2) is 0 Å². The van der Waals surface area contributed by atoms with Crippen molar-refractivity contribution in [3.05, 3.63) is 58.6 Å². The molecule has 0 bridgehead atoms. The molecule has 3 aromatic heterocycles. The van der Waals surface area contributed by atoms with E-state index in [2.05, 4.69) is 43.5 Å². The average molecular weight is 477 g/mol. The van der Waals surface area contributed by atoms with Crippen molar-refractivity contribution in [2.45, 2.75) is 38.3 Å². The summed E-state index contributed by atoms with van der Waals surface area (Å²) >= 11 is 6.65. The predicted molar refractivity (Wildman–Crippen MR) is 134 cm³/mol. The molecule has 1 aromatic carbocycles. The number of hydrogen-bond acceptors (Lipinski definition) is 6. The van der Waals surface area contributed by atoms with E-state index in [1.165, 1.54) is 11.1 Å². The van der Waals surface area contributed by atoms with Gasteiger partial charge < -0.3 is 15.0 Å². The fourth-order valence-electron chi connectivity index (χ4n) is 5.32. The largest absolute Gasteiger partial charge is 0.491 e. The normalized spacial score (nSPS) is 16.9. The number of rotatable bonds is 6. The number of aryl methyl sites for hydroxylation is 1. The molecule has 0 spiro atoms. The molecule has 1 saturated heterocycles. The fraction of sp³-hybridized carbons (Fsp3) is 0.423. The van der Waals surface area contributed by atoms with Crippen LogP contribution in [0, 0.1) is 0 Å². The van der Waals surface area contributed by atoms with Crippen molar-refractivity contribution in [1.82, 2.24) is 30.0 Å². The van der Waals surface area contributed by atoms with Gasteiger partial charge in [-0.1, -0.05) is 11.6 Å². The third-order valence-electron chi connectivity index (χ3n) is 7.29. The minimum Gasteiger partial charge on any atom is -0.491 e. The van der Waals surface area contributed by atoms with Gasteiger partial charge in [0.05, 0.1) is 40.8 Å². The Labute approximate surface area is 204 Å². The Morgan fingerprint density at radius 3 is 2.91 bits per heavy atom. The van der Waals surface area contributed by atoms with Crippen LogP contribution in [0.1, 0.15) is 29.7 Å². The molecule has 0 atom stereocenters. The summed E-state index contributed by atoms with van der Waals surface area (Å²) in [7, 11) is 1.97. The Morgan fingerprint density at radius 1 is 1.15 bits per heavy atom. The van der Waals surface area contributed by atoms with E-state index >= 15 is 0 Å². The van der Waals surface area contributed by atoms with E-state index in [4.69, 9.17) is 16.3 Å². The standard InChI is InChI=1S/C26H29ClN6O/c1-32-24-3-2-23-26(21(24)14-31-32)20(22(27)15-30-23)6-10-33-8-4-18(5-9-33)28-13-19-12-17-7-11-34-25(17)16-29-19/h2-3,12,14-16,18,28H,4-11,13H2,1H3. The Hall–Kier alpha value is -2.74. The number of hydrogen-bond donors (Lipinski definition) is 1. The van der Waals surface area contributed by atoms with E-state index < -0.39 is 0 Å². The number of nitrogens with one attached hydrogen (secondary N) is 1. The predicted octanol–water partition coefficient (Wildman–Crippen LogP) is 3.90. The summed E-state index contributed by atoms with van der Waals surface area (Å²) in [4.78, 5) is 11.7. The molecule has 0 radical (unpaired) electrons. The summed E-state index contributed by atoms with van der Waals surface area (Å²) in [5, 5.41) is 11.2. The number of halogens is 1. The smallest absolute Gasteiger partial charge is 0.140 e. The molecular formula is C26H29ClN6O. The summed E-state index contributed by atoms with van der Waals surface area (Å²) < 4.78 is 7.47.